The first-order valence-corrected chi connectivity index (χ1v) is 6.19. The Kier molecular flexibility index (Phi) is 6.10. The second kappa shape index (κ2) is 6.52. The third-order valence-electron chi connectivity index (χ3n) is 3.71. The van der Waals surface area contributed by atoms with E-state index in [4.69, 9.17) is 5.26 Å². The average molecular weight is 224 g/mol. The Hall–Kier alpha value is -1.04. The molecule has 0 spiro atoms. The SMILES string of the molecule is CCC(C)C(C)NC(=O)C(C#N)(CC)CC. The van der Waals surface area contributed by atoms with E-state index in [2.05, 4.69) is 25.2 Å². The van der Waals surface area contributed by atoms with Crippen molar-refractivity contribution in [3.8, 4) is 6.07 Å². The number of hydrogen-bond acceptors (Lipinski definition) is 2. The van der Waals surface area contributed by atoms with E-state index >= 15 is 0 Å². The molecule has 0 heterocycles. The molecule has 2 atom stereocenters. The minimum absolute atomic E-state index is 0.118. The van der Waals surface area contributed by atoms with Crippen LogP contribution in [0.1, 0.15) is 53.9 Å². The lowest BCUT2D eigenvalue weighted by Crippen LogP contribution is -2.45. The summed E-state index contributed by atoms with van der Waals surface area (Å²) in [7, 11) is 0. The second-order valence-corrected chi connectivity index (χ2v) is 4.55. The van der Waals surface area contributed by atoms with Crippen molar-refractivity contribution in [2.45, 2.75) is 59.9 Å². The summed E-state index contributed by atoms with van der Waals surface area (Å²) in [6.07, 6.45) is 2.16. The normalized spacial score (nSPS) is 15.0. The molecule has 1 amide bonds. The van der Waals surface area contributed by atoms with Crippen LogP contribution in [-0.4, -0.2) is 11.9 Å². The summed E-state index contributed by atoms with van der Waals surface area (Å²) in [6.45, 7) is 9.99. The van der Waals surface area contributed by atoms with Crippen LogP contribution in [-0.2, 0) is 4.79 Å². The Morgan fingerprint density at radius 2 is 1.81 bits per heavy atom. The van der Waals surface area contributed by atoms with Gasteiger partial charge in [0.15, 0.2) is 0 Å². The number of carbonyl (C=O) groups excluding carboxylic acids is 1. The van der Waals surface area contributed by atoms with E-state index in [9.17, 15) is 4.79 Å². The van der Waals surface area contributed by atoms with Gasteiger partial charge in [-0.2, -0.15) is 5.26 Å². The molecular weight excluding hydrogens is 200 g/mol. The number of nitriles is 1. The van der Waals surface area contributed by atoms with Gasteiger partial charge in [0.25, 0.3) is 0 Å². The Bertz CT molecular complexity index is 264. The Morgan fingerprint density at radius 3 is 2.12 bits per heavy atom. The van der Waals surface area contributed by atoms with Gasteiger partial charge in [0, 0.05) is 6.04 Å². The van der Waals surface area contributed by atoms with Crippen molar-refractivity contribution in [3.63, 3.8) is 0 Å². The van der Waals surface area contributed by atoms with Crippen LogP contribution in [0.4, 0.5) is 0 Å². The molecule has 0 saturated carbocycles. The highest BCUT2D eigenvalue weighted by Gasteiger charge is 2.35. The van der Waals surface area contributed by atoms with E-state index in [1.54, 1.807) is 0 Å². The summed E-state index contributed by atoms with van der Waals surface area (Å²) in [6, 6.07) is 2.29. The lowest BCUT2D eigenvalue weighted by atomic mass is 9.82. The van der Waals surface area contributed by atoms with Crippen LogP contribution in [0, 0.1) is 22.7 Å². The average Bonchev–Trinajstić information content (AvgIpc) is 2.30. The standard InChI is InChI=1S/C13H24N2O/c1-6-10(4)11(5)15-12(16)13(7-2,8-3)9-14/h10-11H,6-8H2,1-5H3,(H,15,16). The lowest BCUT2D eigenvalue weighted by Gasteiger charge is -2.27. The molecule has 2 unspecified atom stereocenters. The molecule has 0 aliphatic rings. The molecule has 0 fully saturated rings. The van der Waals surface area contributed by atoms with Crippen molar-refractivity contribution in [2.75, 3.05) is 0 Å². The Labute approximate surface area is 99.2 Å². The molecule has 0 aromatic rings. The van der Waals surface area contributed by atoms with Crippen molar-refractivity contribution in [1.29, 1.82) is 5.26 Å². The fraction of sp³-hybridized carbons (Fsp3) is 0.846. The summed E-state index contributed by atoms with van der Waals surface area (Å²) in [5, 5.41) is 12.1. The first-order valence-electron chi connectivity index (χ1n) is 6.19. The zero-order valence-corrected chi connectivity index (χ0v) is 11.1. The quantitative estimate of drug-likeness (QED) is 0.754. The molecule has 0 aliphatic heterocycles. The van der Waals surface area contributed by atoms with Gasteiger partial charge in [0.05, 0.1) is 6.07 Å². The van der Waals surface area contributed by atoms with Crippen LogP contribution in [0.15, 0.2) is 0 Å². The molecule has 0 aromatic carbocycles. The highest BCUT2D eigenvalue weighted by molar-refractivity contribution is 5.85. The van der Waals surface area contributed by atoms with Gasteiger partial charge in [-0.1, -0.05) is 34.1 Å². The molecule has 3 heteroatoms. The first kappa shape index (κ1) is 15.0. The minimum Gasteiger partial charge on any atom is -0.352 e. The maximum absolute atomic E-state index is 12.1. The molecule has 0 rings (SSSR count). The summed E-state index contributed by atoms with van der Waals surface area (Å²) in [5.74, 6) is 0.321. The van der Waals surface area contributed by atoms with E-state index in [0.717, 1.165) is 6.42 Å². The molecule has 0 aliphatic carbocycles. The number of hydrogen-bond donors (Lipinski definition) is 1. The van der Waals surface area contributed by atoms with Crippen LogP contribution in [0.3, 0.4) is 0 Å². The number of rotatable bonds is 6. The largest absolute Gasteiger partial charge is 0.352 e. The summed E-state index contributed by atoms with van der Waals surface area (Å²) >= 11 is 0. The lowest BCUT2D eigenvalue weighted by molar-refractivity contribution is -0.129. The molecule has 1 N–H and O–H groups in total. The highest BCUT2D eigenvalue weighted by atomic mass is 16.2. The maximum atomic E-state index is 12.1. The van der Waals surface area contributed by atoms with Crippen LogP contribution in [0.25, 0.3) is 0 Å². The van der Waals surface area contributed by atoms with Gasteiger partial charge >= 0.3 is 0 Å². The van der Waals surface area contributed by atoms with E-state index in [0.29, 0.717) is 18.8 Å². The van der Waals surface area contributed by atoms with E-state index < -0.39 is 5.41 Å². The third-order valence-corrected chi connectivity index (χ3v) is 3.71. The van der Waals surface area contributed by atoms with Gasteiger partial charge in [-0.25, -0.2) is 0 Å². The van der Waals surface area contributed by atoms with Crippen LogP contribution in [0.2, 0.25) is 0 Å². The highest BCUT2D eigenvalue weighted by Crippen LogP contribution is 2.26. The molecule has 3 nitrogen and oxygen atoms in total. The predicted octanol–water partition coefficient (Wildman–Crippen LogP) is 2.87. The number of nitrogens with one attached hydrogen (secondary N) is 1. The first-order chi connectivity index (χ1) is 7.47. The zero-order valence-electron chi connectivity index (χ0n) is 11.1. The van der Waals surface area contributed by atoms with Gasteiger partial charge in [-0.05, 0) is 25.7 Å². The molecule has 92 valence electrons. The van der Waals surface area contributed by atoms with Gasteiger partial charge in [0.2, 0.25) is 5.91 Å². The monoisotopic (exact) mass is 224 g/mol. The van der Waals surface area contributed by atoms with Crippen LogP contribution >= 0.6 is 0 Å². The van der Waals surface area contributed by atoms with Crippen molar-refractivity contribution in [2.24, 2.45) is 11.3 Å². The third kappa shape index (κ3) is 3.23. The van der Waals surface area contributed by atoms with Gasteiger partial charge in [0.1, 0.15) is 5.41 Å². The van der Waals surface area contributed by atoms with E-state index in [1.807, 2.05) is 20.8 Å². The Morgan fingerprint density at radius 1 is 1.31 bits per heavy atom. The molecule has 0 aromatic heterocycles. The van der Waals surface area contributed by atoms with Crippen LogP contribution < -0.4 is 5.32 Å². The summed E-state index contributed by atoms with van der Waals surface area (Å²) in [4.78, 5) is 12.1. The van der Waals surface area contributed by atoms with E-state index in [1.165, 1.54) is 0 Å². The fourth-order valence-corrected chi connectivity index (χ4v) is 1.62. The van der Waals surface area contributed by atoms with E-state index in [-0.39, 0.29) is 11.9 Å². The smallest absolute Gasteiger partial charge is 0.240 e. The van der Waals surface area contributed by atoms with Crippen molar-refractivity contribution in [1.82, 2.24) is 5.32 Å². The predicted molar refractivity (Wildman–Crippen MR) is 65.7 cm³/mol. The number of nitrogens with zero attached hydrogens (tertiary/aromatic N) is 1. The van der Waals surface area contributed by atoms with Gasteiger partial charge in [-0.15, -0.1) is 0 Å². The number of carbonyl (C=O) groups is 1. The van der Waals surface area contributed by atoms with Gasteiger partial charge in [-0.3, -0.25) is 4.79 Å². The van der Waals surface area contributed by atoms with Crippen molar-refractivity contribution in [3.05, 3.63) is 0 Å². The topological polar surface area (TPSA) is 52.9 Å². The van der Waals surface area contributed by atoms with Gasteiger partial charge < -0.3 is 5.32 Å². The fourth-order valence-electron chi connectivity index (χ4n) is 1.62. The summed E-state index contributed by atoms with van der Waals surface area (Å²) < 4.78 is 0. The zero-order chi connectivity index (χ0) is 12.8. The maximum Gasteiger partial charge on any atom is 0.240 e. The molecule has 0 bridgehead atoms. The number of amides is 1. The second-order valence-electron chi connectivity index (χ2n) is 4.55. The molecular formula is C13H24N2O. The summed E-state index contributed by atoms with van der Waals surface area (Å²) in [5.41, 5.74) is -0.846. The molecule has 0 saturated heterocycles. The molecule has 0 radical (unpaired) electrons. The van der Waals surface area contributed by atoms with Crippen molar-refractivity contribution < 1.29 is 4.79 Å². The Balaban J connectivity index is 4.62. The molecule has 16 heavy (non-hydrogen) atoms. The minimum atomic E-state index is -0.846. The van der Waals surface area contributed by atoms with Crippen LogP contribution in [0.5, 0.6) is 0 Å². The van der Waals surface area contributed by atoms with Crippen molar-refractivity contribution >= 4 is 5.91 Å².